The van der Waals surface area contributed by atoms with Crippen molar-refractivity contribution in [1.82, 2.24) is 4.98 Å². The molecule has 1 amide bonds. The van der Waals surface area contributed by atoms with Crippen molar-refractivity contribution in [1.29, 1.82) is 0 Å². The van der Waals surface area contributed by atoms with Crippen LogP contribution < -0.4 is 10.1 Å². The number of aliphatic hydroxyl groups is 1. The standard InChI is InChI=1S/C21H22F4N2O4/c1-9-10(2)31-20(17(9)11-4-5-12(23)18(25)19(11)30-3)21(29)27-14-6-15(16(28)7-22)26-8-13(14)24/h4-6,8-10,16-17,20,28H,7H2,1-3H3,(H,26,27,29)/t9-,10-,16?,17+,20-/m1/s1. The highest BCUT2D eigenvalue weighted by molar-refractivity contribution is 5.95. The van der Waals surface area contributed by atoms with Crippen molar-refractivity contribution in [3.63, 3.8) is 0 Å². The van der Waals surface area contributed by atoms with E-state index in [1.165, 1.54) is 13.2 Å². The number of alkyl halides is 1. The molecular weight excluding hydrogens is 420 g/mol. The molecule has 2 heterocycles. The van der Waals surface area contributed by atoms with Crippen LogP contribution in [0.25, 0.3) is 0 Å². The van der Waals surface area contributed by atoms with E-state index in [4.69, 9.17) is 9.47 Å². The summed E-state index contributed by atoms with van der Waals surface area (Å²) in [5, 5.41) is 11.9. The molecule has 0 aliphatic carbocycles. The van der Waals surface area contributed by atoms with Crippen LogP contribution in [0.15, 0.2) is 24.4 Å². The summed E-state index contributed by atoms with van der Waals surface area (Å²) in [4.78, 5) is 16.6. The van der Waals surface area contributed by atoms with Crippen LogP contribution in [-0.4, -0.2) is 42.0 Å². The van der Waals surface area contributed by atoms with Gasteiger partial charge in [-0.05, 0) is 25.0 Å². The molecule has 0 saturated carbocycles. The van der Waals surface area contributed by atoms with E-state index in [9.17, 15) is 27.5 Å². The highest BCUT2D eigenvalue weighted by Gasteiger charge is 2.46. The summed E-state index contributed by atoms with van der Waals surface area (Å²) < 4.78 is 65.6. The van der Waals surface area contributed by atoms with Crippen LogP contribution in [0, 0.1) is 23.4 Å². The number of nitrogens with zero attached hydrogens (tertiary/aromatic N) is 1. The van der Waals surface area contributed by atoms with E-state index in [2.05, 4.69) is 10.3 Å². The van der Waals surface area contributed by atoms with Crippen molar-refractivity contribution in [2.45, 2.75) is 38.1 Å². The minimum Gasteiger partial charge on any atom is -0.493 e. The molecular formula is C21H22F4N2O4. The molecule has 10 heteroatoms. The Morgan fingerprint density at radius 2 is 2.00 bits per heavy atom. The zero-order valence-corrected chi connectivity index (χ0v) is 17.0. The van der Waals surface area contributed by atoms with Crippen molar-refractivity contribution >= 4 is 11.6 Å². The monoisotopic (exact) mass is 442 g/mol. The Bertz CT molecular complexity index is 975. The smallest absolute Gasteiger partial charge is 0.254 e. The normalized spacial score (nSPS) is 24.1. The highest BCUT2D eigenvalue weighted by atomic mass is 19.2. The second-order valence-electron chi connectivity index (χ2n) is 7.38. The average molecular weight is 442 g/mol. The minimum atomic E-state index is -1.57. The maximum Gasteiger partial charge on any atom is 0.254 e. The van der Waals surface area contributed by atoms with Crippen LogP contribution in [0.3, 0.4) is 0 Å². The largest absolute Gasteiger partial charge is 0.493 e. The first kappa shape index (κ1) is 23.0. The van der Waals surface area contributed by atoms with Crippen molar-refractivity contribution in [3.05, 3.63) is 53.1 Å². The number of ether oxygens (including phenoxy) is 2. The van der Waals surface area contributed by atoms with Gasteiger partial charge in [0.15, 0.2) is 17.4 Å². The third-order valence-electron chi connectivity index (χ3n) is 5.52. The third-order valence-corrected chi connectivity index (χ3v) is 5.52. The molecule has 1 fully saturated rings. The van der Waals surface area contributed by atoms with E-state index < -0.39 is 54.3 Å². The van der Waals surface area contributed by atoms with Crippen LogP contribution >= 0.6 is 0 Å². The lowest BCUT2D eigenvalue weighted by Gasteiger charge is -2.23. The number of hydrogen-bond donors (Lipinski definition) is 2. The molecule has 1 aliphatic rings. The number of benzene rings is 1. The topological polar surface area (TPSA) is 80.7 Å². The maximum absolute atomic E-state index is 14.3. The van der Waals surface area contributed by atoms with Crippen molar-refractivity contribution in [2.75, 3.05) is 19.1 Å². The van der Waals surface area contributed by atoms with Gasteiger partial charge in [-0.15, -0.1) is 0 Å². The molecule has 1 unspecified atom stereocenters. The van der Waals surface area contributed by atoms with Gasteiger partial charge in [0.1, 0.15) is 18.9 Å². The summed E-state index contributed by atoms with van der Waals surface area (Å²) in [6.07, 6.45) is -2.42. The van der Waals surface area contributed by atoms with Crippen molar-refractivity contribution in [3.8, 4) is 5.75 Å². The van der Waals surface area contributed by atoms with E-state index in [1.807, 2.05) is 0 Å². The third kappa shape index (κ3) is 4.35. The van der Waals surface area contributed by atoms with Gasteiger partial charge in [-0.1, -0.05) is 13.0 Å². The molecule has 6 nitrogen and oxygen atoms in total. The molecule has 1 saturated heterocycles. The average Bonchev–Trinajstić information content (AvgIpc) is 3.05. The number of aliphatic hydroxyl groups excluding tert-OH is 1. The first-order chi connectivity index (χ1) is 14.7. The fourth-order valence-electron chi connectivity index (χ4n) is 3.71. The maximum atomic E-state index is 14.3. The van der Waals surface area contributed by atoms with Crippen molar-refractivity contribution < 1.29 is 36.9 Å². The summed E-state index contributed by atoms with van der Waals surface area (Å²) in [6.45, 7) is 2.37. The van der Waals surface area contributed by atoms with E-state index in [1.54, 1.807) is 13.8 Å². The number of hydrogen-bond acceptors (Lipinski definition) is 5. The molecule has 0 spiro atoms. The first-order valence-electron chi connectivity index (χ1n) is 9.57. The fraction of sp³-hybridized carbons (Fsp3) is 0.429. The Balaban J connectivity index is 1.95. The number of aromatic nitrogens is 1. The number of halogens is 4. The SMILES string of the molecule is COc1c([C@@H]2[C@H](C)[C@@H](C)O[C@H]2C(=O)Nc2cc(C(O)CF)ncc2F)ccc(F)c1F. The Hall–Kier alpha value is -2.72. The Morgan fingerprint density at radius 3 is 2.65 bits per heavy atom. The first-order valence-corrected chi connectivity index (χ1v) is 9.57. The zero-order chi connectivity index (χ0) is 22.9. The Morgan fingerprint density at radius 1 is 1.29 bits per heavy atom. The second kappa shape index (κ2) is 9.19. The van der Waals surface area contributed by atoms with Crippen LogP contribution in [0.1, 0.15) is 37.1 Å². The van der Waals surface area contributed by atoms with Gasteiger partial charge in [-0.3, -0.25) is 9.78 Å². The van der Waals surface area contributed by atoms with E-state index in [0.717, 1.165) is 18.3 Å². The molecule has 31 heavy (non-hydrogen) atoms. The Labute approximate surface area is 176 Å². The van der Waals surface area contributed by atoms with Gasteiger partial charge in [0.05, 0.1) is 30.8 Å². The van der Waals surface area contributed by atoms with Gasteiger partial charge in [0.25, 0.3) is 5.91 Å². The van der Waals surface area contributed by atoms with Crippen molar-refractivity contribution in [2.24, 2.45) is 5.92 Å². The quantitative estimate of drug-likeness (QED) is 0.668. The summed E-state index contributed by atoms with van der Waals surface area (Å²) in [5.41, 5.74) is -0.247. The Kier molecular flexibility index (Phi) is 6.80. The van der Waals surface area contributed by atoms with Gasteiger partial charge in [-0.25, -0.2) is 13.2 Å². The molecule has 5 atom stereocenters. The number of anilines is 1. The van der Waals surface area contributed by atoms with Gasteiger partial charge < -0.3 is 19.9 Å². The number of carbonyl (C=O) groups is 1. The highest BCUT2D eigenvalue weighted by Crippen LogP contribution is 2.44. The number of rotatable bonds is 6. The van der Waals surface area contributed by atoms with Gasteiger partial charge in [0, 0.05) is 11.5 Å². The number of carbonyl (C=O) groups excluding carboxylic acids is 1. The molecule has 1 aromatic heterocycles. The number of pyridine rings is 1. The molecule has 3 rings (SSSR count). The van der Waals surface area contributed by atoms with E-state index >= 15 is 0 Å². The van der Waals surface area contributed by atoms with Gasteiger partial charge in [-0.2, -0.15) is 4.39 Å². The molecule has 0 bridgehead atoms. The van der Waals surface area contributed by atoms with E-state index in [0.29, 0.717) is 0 Å². The molecule has 2 N–H and O–H groups in total. The van der Waals surface area contributed by atoms with Crippen LogP contribution in [0.2, 0.25) is 0 Å². The van der Waals surface area contributed by atoms with Crippen LogP contribution in [0.5, 0.6) is 5.75 Å². The summed E-state index contributed by atoms with van der Waals surface area (Å²) >= 11 is 0. The lowest BCUT2D eigenvalue weighted by molar-refractivity contribution is -0.127. The van der Waals surface area contributed by atoms with Gasteiger partial charge in [0.2, 0.25) is 5.82 Å². The lowest BCUT2D eigenvalue weighted by Crippen LogP contribution is -2.33. The predicted molar refractivity (Wildman–Crippen MR) is 103 cm³/mol. The summed E-state index contributed by atoms with van der Waals surface area (Å²) in [7, 11) is 1.18. The van der Waals surface area contributed by atoms with Crippen LogP contribution in [0.4, 0.5) is 23.2 Å². The molecule has 1 aliphatic heterocycles. The van der Waals surface area contributed by atoms with E-state index in [-0.39, 0.29) is 28.6 Å². The predicted octanol–water partition coefficient (Wildman–Crippen LogP) is 3.66. The zero-order valence-electron chi connectivity index (χ0n) is 17.0. The number of amides is 1. The molecule has 1 aromatic carbocycles. The molecule has 2 aromatic rings. The van der Waals surface area contributed by atoms with Crippen LogP contribution in [-0.2, 0) is 9.53 Å². The molecule has 0 radical (unpaired) electrons. The summed E-state index contributed by atoms with van der Waals surface area (Å²) in [5.74, 6) is -5.28. The second-order valence-corrected chi connectivity index (χ2v) is 7.38. The van der Waals surface area contributed by atoms with Gasteiger partial charge >= 0.3 is 0 Å². The number of nitrogens with one attached hydrogen (secondary N) is 1. The molecule has 168 valence electrons. The summed E-state index contributed by atoms with van der Waals surface area (Å²) in [6, 6.07) is 3.28. The minimum absolute atomic E-state index is 0.160. The number of methoxy groups -OCH3 is 1. The fourth-order valence-corrected chi connectivity index (χ4v) is 3.71. The lowest BCUT2D eigenvalue weighted by atomic mass is 9.82.